The van der Waals surface area contributed by atoms with Crippen LogP contribution in [0.15, 0.2) is 192 Å². The Hall–Kier alpha value is -6.90. The predicted molar refractivity (Wildman–Crippen MR) is 242 cm³/mol. The lowest BCUT2D eigenvalue weighted by Gasteiger charge is -2.28. The number of rotatable bonds is 6. The van der Waals surface area contributed by atoms with Crippen molar-refractivity contribution in [2.24, 2.45) is 0 Å². The van der Waals surface area contributed by atoms with Crippen molar-refractivity contribution >= 4 is 28.0 Å². The first-order valence-electron chi connectivity index (χ1n) is 20.3. The largest absolute Gasteiger partial charge is 0.456 e. The molecule has 0 amide bonds. The average molecular weight is 746 g/mol. The van der Waals surface area contributed by atoms with Crippen LogP contribution in [0.5, 0.6) is 0 Å². The number of para-hydroxylation sites is 1. The van der Waals surface area contributed by atoms with E-state index < -0.39 is 0 Å². The first kappa shape index (κ1) is 34.4. The second kappa shape index (κ2) is 12.8. The Morgan fingerprint density at radius 1 is 0.362 bits per heavy atom. The number of benzene rings is 8. The number of fused-ring (bicyclic) bond motifs is 8. The second-order valence-corrected chi connectivity index (χ2v) is 17.0. The lowest BCUT2D eigenvalue weighted by atomic mass is 9.81. The molecule has 2 aliphatic carbocycles. The summed E-state index contributed by atoms with van der Waals surface area (Å²) in [5.74, 6) is 0.998. The lowest BCUT2D eigenvalue weighted by Crippen LogP contribution is -2.16. The number of hydrogen-bond acceptors (Lipinski definition) is 2. The van der Waals surface area contributed by atoms with Crippen LogP contribution in [0.4, 0.5) is 17.1 Å². The Balaban J connectivity index is 1.01. The molecule has 0 unspecified atom stereocenters. The fourth-order valence-corrected chi connectivity index (χ4v) is 9.84. The maximum atomic E-state index is 6.58. The minimum Gasteiger partial charge on any atom is -0.456 e. The van der Waals surface area contributed by atoms with Gasteiger partial charge in [0.2, 0.25) is 0 Å². The quantitative estimate of drug-likeness (QED) is 0.169. The predicted octanol–water partition coefficient (Wildman–Crippen LogP) is 15.5. The maximum absolute atomic E-state index is 6.58. The molecule has 1 heterocycles. The molecular formula is C56H43NO. The van der Waals surface area contributed by atoms with Gasteiger partial charge in [-0.25, -0.2) is 0 Å². The van der Waals surface area contributed by atoms with Crippen molar-refractivity contribution in [1.82, 2.24) is 0 Å². The van der Waals surface area contributed by atoms with Crippen LogP contribution in [0.25, 0.3) is 66.8 Å². The number of hydrogen-bond donors (Lipinski definition) is 0. The van der Waals surface area contributed by atoms with E-state index in [0.717, 1.165) is 34.0 Å². The van der Waals surface area contributed by atoms with Gasteiger partial charge in [-0.15, -0.1) is 0 Å². The maximum Gasteiger partial charge on any atom is 0.139 e. The zero-order valence-electron chi connectivity index (χ0n) is 33.3. The van der Waals surface area contributed by atoms with Crippen molar-refractivity contribution in [3.8, 4) is 55.8 Å². The fourth-order valence-electron chi connectivity index (χ4n) is 9.84. The molecule has 2 heteroatoms. The van der Waals surface area contributed by atoms with Crippen molar-refractivity contribution in [2.45, 2.75) is 38.5 Å². The highest BCUT2D eigenvalue weighted by Gasteiger charge is 2.40. The Morgan fingerprint density at radius 3 is 1.69 bits per heavy atom. The van der Waals surface area contributed by atoms with Gasteiger partial charge in [0, 0.05) is 44.4 Å². The molecule has 1 aromatic heterocycles. The third kappa shape index (κ3) is 5.25. The van der Waals surface area contributed by atoms with Gasteiger partial charge in [-0.2, -0.15) is 0 Å². The van der Waals surface area contributed by atoms with E-state index in [-0.39, 0.29) is 10.8 Å². The molecule has 0 fully saturated rings. The van der Waals surface area contributed by atoms with E-state index in [9.17, 15) is 0 Å². The molecule has 0 saturated carbocycles. The average Bonchev–Trinajstić information content (AvgIpc) is 3.85. The standard InChI is InChI=1S/C56H43NO/c1-55(2)49-19-10-8-17-45(49)46-31-30-44(35-51(46)55)57(42-28-25-39(26-29-42)38-23-21-37(22-24-38)36-13-6-5-7-14-36)43-16-12-15-40(33-43)41-27-32-50-48(34-41)54-53(56(50,3)4)47-18-9-11-20-52(47)58-54/h5-35H,1-4H3. The number of nitrogens with zero attached hydrogens (tertiary/aromatic N) is 1. The molecule has 2 nitrogen and oxygen atoms in total. The molecule has 9 aromatic rings. The Morgan fingerprint density at radius 2 is 0.914 bits per heavy atom. The first-order chi connectivity index (χ1) is 28.3. The van der Waals surface area contributed by atoms with Gasteiger partial charge in [-0.05, 0) is 110 Å². The third-order valence-corrected chi connectivity index (χ3v) is 12.9. The minimum atomic E-state index is -0.147. The van der Waals surface area contributed by atoms with Crippen LogP contribution in [-0.2, 0) is 10.8 Å². The molecule has 0 saturated heterocycles. The molecule has 0 bridgehead atoms. The van der Waals surface area contributed by atoms with Crippen LogP contribution in [0.3, 0.4) is 0 Å². The number of furan rings is 1. The van der Waals surface area contributed by atoms with Crippen LogP contribution in [0.1, 0.15) is 49.9 Å². The molecule has 0 spiro atoms. The SMILES string of the molecule is CC1(C)c2ccccc2-c2ccc(N(c3ccc(-c4ccc(-c5ccccc5)cc4)cc3)c3cccc(-c4ccc5c(c4)-c4oc6ccccc6c4C5(C)C)c3)cc21. The van der Waals surface area contributed by atoms with Crippen molar-refractivity contribution in [3.05, 3.63) is 210 Å². The first-order valence-corrected chi connectivity index (χ1v) is 20.3. The Labute approximate surface area is 340 Å². The summed E-state index contributed by atoms with van der Waals surface area (Å²) in [4.78, 5) is 2.42. The highest BCUT2D eigenvalue weighted by Crippen LogP contribution is 2.54. The summed E-state index contributed by atoms with van der Waals surface area (Å²) < 4.78 is 6.58. The van der Waals surface area contributed by atoms with Crippen molar-refractivity contribution in [1.29, 1.82) is 0 Å². The van der Waals surface area contributed by atoms with E-state index in [4.69, 9.17) is 4.42 Å². The van der Waals surface area contributed by atoms with Gasteiger partial charge in [-0.1, -0.05) is 167 Å². The molecule has 0 aliphatic heterocycles. The molecule has 8 aromatic carbocycles. The van der Waals surface area contributed by atoms with E-state index in [2.05, 4.69) is 221 Å². The van der Waals surface area contributed by atoms with Crippen molar-refractivity contribution in [3.63, 3.8) is 0 Å². The van der Waals surface area contributed by atoms with Crippen LogP contribution < -0.4 is 4.90 Å². The smallest absolute Gasteiger partial charge is 0.139 e. The lowest BCUT2D eigenvalue weighted by molar-refractivity contribution is 0.619. The summed E-state index contributed by atoms with van der Waals surface area (Å²) in [5, 5.41) is 1.20. The second-order valence-electron chi connectivity index (χ2n) is 17.0. The van der Waals surface area contributed by atoms with E-state index in [1.165, 1.54) is 72.1 Å². The van der Waals surface area contributed by atoms with E-state index in [1.807, 2.05) is 0 Å². The van der Waals surface area contributed by atoms with Gasteiger partial charge >= 0.3 is 0 Å². The zero-order valence-corrected chi connectivity index (χ0v) is 33.3. The Bertz CT molecular complexity index is 3040. The molecule has 0 N–H and O–H groups in total. The summed E-state index contributed by atoms with van der Waals surface area (Å²) in [6, 6.07) is 68.8. The van der Waals surface area contributed by atoms with Gasteiger partial charge in [0.05, 0.1) is 0 Å². The highest BCUT2D eigenvalue weighted by atomic mass is 16.3. The van der Waals surface area contributed by atoms with E-state index in [0.29, 0.717) is 0 Å². The van der Waals surface area contributed by atoms with Crippen molar-refractivity contribution < 1.29 is 4.42 Å². The van der Waals surface area contributed by atoms with Gasteiger partial charge < -0.3 is 9.32 Å². The van der Waals surface area contributed by atoms with Crippen molar-refractivity contribution in [2.75, 3.05) is 4.90 Å². The zero-order chi connectivity index (χ0) is 39.2. The summed E-state index contributed by atoms with van der Waals surface area (Å²) in [6.45, 7) is 9.35. The van der Waals surface area contributed by atoms with Crippen LogP contribution in [0, 0.1) is 0 Å². The van der Waals surface area contributed by atoms with Crippen LogP contribution in [-0.4, -0.2) is 0 Å². The number of anilines is 3. The van der Waals surface area contributed by atoms with Gasteiger partial charge in [0.1, 0.15) is 11.3 Å². The summed E-state index contributed by atoms with van der Waals surface area (Å²) in [5.41, 5.74) is 20.4. The summed E-state index contributed by atoms with van der Waals surface area (Å²) in [6.07, 6.45) is 0. The third-order valence-electron chi connectivity index (χ3n) is 12.9. The molecule has 278 valence electrons. The fraction of sp³-hybridized carbons (Fsp3) is 0.107. The molecule has 0 atom stereocenters. The molecule has 11 rings (SSSR count). The van der Waals surface area contributed by atoms with Crippen LogP contribution >= 0.6 is 0 Å². The minimum absolute atomic E-state index is 0.112. The molecule has 0 radical (unpaired) electrons. The van der Waals surface area contributed by atoms with Crippen LogP contribution in [0.2, 0.25) is 0 Å². The molecule has 58 heavy (non-hydrogen) atoms. The van der Waals surface area contributed by atoms with E-state index in [1.54, 1.807) is 0 Å². The molecular weight excluding hydrogens is 703 g/mol. The van der Waals surface area contributed by atoms with Gasteiger partial charge in [0.15, 0.2) is 0 Å². The van der Waals surface area contributed by atoms with Gasteiger partial charge in [0.25, 0.3) is 0 Å². The highest BCUT2D eigenvalue weighted by molar-refractivity contribution is 5.95. The summed E-state index contributed by atoms with van der Waals surface area (Å²) in [7, 11) is 0. The molecule has 2 aliphatic rings. The van der Waals surface area contributed by atoms with E-state index >= 15 is 0 Å². The Kier molecular flexibility index (Phi) is 7.59. The topological polar surface area (TPSA) is 16.4 Å². The summed E-state index contributed by atoms with van der Waals surface area (Å²) >= 11 is 0. The normalized spacial score (nSPS) is 14.1. The monoisotopic (exact) mass is 745 g/mol. The van der Waals surface area contributed by atoms with Gasteiger partial charge in [-0.3, -0.25) is 0 Å².